The van der Waals surface area contributed by atoms with Crippen LogP contribution in [0.4, 0.5) is 17.5 Å². The summed E-state index contributed by atoms with van der Waals surface area (Å²) in [5, 5.41) is 7.32. The molecule has 4 rings (SSSR count). The Hall–Kier alpha value is -2.51. The van der Waals surface area contributed by atoms with Crippen molar-refractivity contribution >= 4 is 40.1 Å². The summed E-state index contributed by atoms with van der Waals surface area (Å²) in [4.78, 5) is 17.6. The monoisotopic (exact) mass is 369 g/mol. The van der Waals surface area contributed by atoms with E-state index in [9.17, 15) is 0 Å². The Bertz CT molecular complexity index is 909. The zero-order chi connectivity index (χ0) is 17.9. The summed E-state index contributed by atoms with van der Waals surface area (Å²) >= 11 is 6.06. The van der Waals surface area contributed by atoms with Crippen molar-refractivity contribution in [3.05, 3.63) is 41.8 Å². The first-order valence-electron chi connectivity index (χ1n) is 8.70. The lowest BCUT2D eigenvalue weighted by Crippen LogP contribution is -2.33. The van der Waals surface area contributed by atoms with Gasteiger partial charge in [-0.2, -0.15) is 0 Å². The van der Waals surface area contributed by atoms with E-state index in [1.807, 2.05) is 24.3 Å². The second-order valence-electron chi connectivity index (χ2n) is 6.54. The van der Waals surface area contributed by atoms with Gasteiger partial charge in [-0.15, -0.1) is 0 Å². The number of hydrogen-bond acceptors (Lipinski definition) is 7. The molecule has 134 valence electrons. The van der Waals surface area contributed by atoms with Crippen molar-refractivity contribution in [2.45, 2.75) is 37.8 Å². The molecule has 0 radical (unpaired) electrons. The summed E-state index contributed by atoms with van der Waals surface area (Å²) in [6.07, 6.45) is 7.31. The van der Waals surface area contributed by atoms with Crippen LogP contribution in [-0.2, 0) is 0 Å². The molecule has 1 aromatic carbocycles. The fourth-order valence-corrected chi connectivity index (χ4v) is 3.35. The highest BCUT2D eigenvalue weighted by molar-refractivity contribution is 6.30. The Morgan fingerprint density at radius 2 is 1.92 bits per heavy atom. The number of nitrogens with one attached hydrogen (secondary N) is 2. The van der Waals surface area contributed by atoms with Crippen molar-refractivity contribution in [3.8, 4) is 0 Å². The highest BCUT2D eigenvalue weighted by Gasteiger charge is 2.19. The molecule has 0 aliphatic heterocycles. The minimum absolute atomic E-state index is 0.312. The number of anilines is 3. The van der Waals surface area contributed by atoms with Crippen molar-refractivity contribution in [2.75, 3.05) is 10.6 Å². The molecule has 0 unspecified atom stereocenters. The number of rotatable bonds is 4. The van der Waals surface area contributed by atoms with E-state index in [2.05, 4.69) is 30.6 Å². The molecule has 7 nitrogen and oxygen atoms in total. The fraction of sp³-hybridized carbons (Fsp3) is 0.333. The second-order valence-corrected chi connectivity index (χ2v) is 6.98. The first-order chi connectivity index (χ1) is 12.7. The molecule has 0 saturated heterocycles. The van der Waals surface area contributed by atoms with Gasteiger partial charge in [-0.3, -0.25) is 0 Å². The van der Waals surface area contributed by atoms with Gasteiger partial charge in [-0.1, -0.05) is 17.7 Å². The first-order valence-corrected chi connectivity index (χ1v) is 9.07. The molecule has 0 bridgehead atoms. The van der Waals surface area contributed by atoms with Crippen LogP contribution in [0, 0.1) is 0 Å². The van der Waals surface area contributed by atoms with Crippen molar-refractivity contribution in [3.63, 3.8) is 0 Å². The summed E-state index contributed by atoms with van der Waals surface area (Å²) in [5.41, 5.74) is 8.16. The van der Waals surface area contributed by atoms with E-state index in [4.69, 9.17) is 17.3 Å². The van der Waals surface area contributed by atoms with Gasteiger partial charge >= 0.3 is 0 Å². The van der Waals surface area contributed by atoms with Crippen LogP contribution in [0.2, 0.25) is 5.02 Å². The quantitative estimate of drug-likeness (QED) is 0.646. The van der Waals surface area contributed by atoms with E-state index >= 15 is 0 Å². The van der Waals surface area contributed by atoms with Crippen LogP contribution in [0.1, 0.15) is 25.7 Å². The maximum Gasteiger partial charge on any atom is 0.223 e. The Morgan fingerprint density at radius 1 is 1.08 bits per heavy atom. The van der Waals surface area contributed by atoms with Gasteiger partial charge in [0.05, 0.1) is 6.20 Å². The van der Waals surface area contributed by atoms with Crippen LogP contribution in [0.5, 0.6) is 0 Å². The molecule has 2 aromatic heterocycles. The topological polar surface area (TPSA) is 102 Å². The van der Waals surface area contributed by atoms with E-state index in [0.717, 1.165) is 31.4 Å². The van der Waals surface area contributed by atoms with E-state index in [1.54, 1.807) is 6.20 Å². The van der Waals surface area contributed by atoms with Crippen LogP contribution in [0.25, 0.3) is 11.0 Å². The van der Waals surface area contributed by atoms with E-state index < -0.39 is 0 Å². The molecular weight excluding hydrogens is 350 g/mol. The van der Waals surface area contributed by atoms with Gasteiger partial charge in [0.1, 0.15) is 17.4 Å². The predicted molar refractivity (Wildman–Crippen MR) is 104 cm³/mol. The molecular formula is C18H20ClN7. The minimum atomic E-state index is 0.312. The molecule has 0 spiro atoms. The molecule has 0 amide bonds. The van der Waals surface area contributed by atoms with Crippen LogP contribution in [0.3, 0.4) is 0 Å². The van der Waals surface area contributed by atoms with E-state index in [0.29, 0.717) is 39.9 Å². The van der Waals surface area contributed by atoms with E-state index in [-0.39, 0.29) is 0 Å². The second kappa shape index (κ2) is 7.39. The normalized spacial score (nSPS) is 20.1. The van der Waals surface area contributed by atoms with Gasteiger partial charge in [0.2, 0.25) is 5.95 Å². The zero-order valence-corrected chi connectivity index (χ0v) is 14.9. The number of halogens is 1. The SMILES string of the molecule is NC1CCC(Nc2ncc3ncnc(Nc4cccc(Cl)c4)c3n2)CC1. The average Bonchev–Trinajstić information content (AvgIpc) is 2.64. The van der Waals surface area contributed by atoms with Crippen molar-refractivity contribution in [2.24, 2.45) is 5.73 Å². The van der Waals surface area contributed by atoms with Gasteiger partial charge < -0.3 is 16.4 Å². The van der Waals surface area contributed by atoms with E-state index in [1.165, 1.54) is 6.33 Å². The summed E-state index contributed by atoms with van der Waals surface area (Å²) in [7, 11) is 0. The summed E-state index contributed by atoms with van der Waals surface area (Å²) in [6, 6.07) is 8.12. The highest BCUT2D eigenvalue weighted by atomic mass is 35.5. The van der Waals surface area contributed by atoms with Crippen molar-refractivity contribution < 1.29 is 0 Å². The van der Waals surface area contributed by atoms with Crippen LogP contribution in [0.15, 0.2) is 36.8 Å². The number of hydrogen-bond donors (Lipinski definition) is 3. The lowest BCUT2D eigenvalue weighted by molar-refractivity contribution is 0.410. The van der Waals surface area contributed by atoms with Crippen LogP contribution in [-0.4, -0.2) is 32.0 Å². The molecule has 1 aliphatic rings. The predicted octanol–water partition coefficient (Wildman–Crippen LogP) is 3.50. The molecule has 0 atom stereocenters. The molecule has 3 aromatic rings. The van der Waals surface area contributed by atoms with Crippen molar-refractivity contribution in [1.29, 1.82) is 0 Å². The molecule has 1 saturated carbocycles. The Balaban J connectivity index is 1.60. The maximum atomic E-state index is 6.06. The number of nitrogens with zero attached hydrogens (tertiary/aromatic N) is 4. The average molecular weight is 370 g/mol. The Kier molecular flexibility index (Phi) is 4.81. The zero-order valence-electron chi connectivity index (χ0n) is 14.2. The molecule has 1 aliphatic carbocycles. The summed E-state index contributed by atoms with van der Waals surface area (Å²) in [6.45, 7) is 0. The third kappa shape index (κ3) is 3.84. The number of benzene rings is 1. The first kappa shape index (κ1) is 16.9. The van der Waals surface area contributed by atoms with Gasteiger partial charge in [0.25, 0.3) is 0 Å². The number of nitrogens with two attached hydrogens (primary N) is 1. The fourth-order valence-electron chi connectivity index (χ4n) is 3.16. The lowest BCUT2D eigenvalue weighted by atomic mass is 9.92. The van der Waals surface area contributed by atoms with Gasteiger partial charge in [0.15, 0.2) is 5.82 Å². The number of aromatic nitrogens is 4. The van der Waals surface area contributed by atoms with Crippen molar-refractivity contribution in [1.82, 2.24) is 19.9 Å². The molecule has 4 N–H and O–H groups in total. The van der Waals surface area contributed by atoms with Crippen LogP contribution < -0.4 is 16.4 Å². The van der Waals surface area contributed by atoms with Crippen LogP contribution >= 0.6 is 11.6 Å². The third-order valence-electron chi connectivity index (χ3n) is 4.57. The largest absolute Gasteiger partial charge is 0.351 e. The number of fused-ring (bicyclic) bond motifs is 1. The molecule has 8 heteroatoms. The molecule has 1 fully saturated rings. The van der Waals surface area contributed by atoms with Gasteiger partial charge in [-0.05, 0) is 43.9 Å². The summed E-state index contributed by atoms with van der Waals surface area (Å²) < 4.78 is 0. The molecule has 26 heavy (non-hydrogen) atoms. The molecule has 2 heterocycles. The Labute approximate surface area is 156 Å². The lowest BCUT2D eigenvalue weighted by Gasteiger charge is -2.26. The maximum absolute atomic E-state index is 6.06. The smallest absolute Gasteiger partial charge is 0.223 e. The summed E-state index contributed by atoms with van der Waals surface area (Å²) in [5.74, 6) is 1.20. The highest BCUT2D eigenvalue weighted by Crippen LogP contribution is 2.25. The third-order valence-corrected chi connectivity index (χ3v) is 4.80. The minimum Gasteiger partial charge on any atom is -0.351 e. The van der Waals surface area contributed by atoms with Gasteiger partial charge in [0, 0.05) is 22.8 Å². The Morgan fingerprint density at radius 3 is 2.73 bits per heavy atom. The standard InChI is InChI=1S/C18H20ClN7/c19-11-2-1-3-14(8-11)24-17-16-15(22-10-23-17)9-21-18(26-16)25-13-6-4-12(20)5-7-13/h1-3,8-10,12-13H,4-7,20H2,(H,21,25,26)(H,22,23,24). The van der Waals surface area contributed by atoms with Gasteiger partial charge in [-0.25, -0.2) is 19.9 Å².